The highest BCUT2D eigenvalue weighted by atomic mass is 79.9. The SMILES string of the molecule is CN(Cc1csc(Br)c1)C(=O)c1cc(N)ccc1F. The van der Waals surface area contributed by atoms with Gasteiger partial charge < -0.3 is 10.6 Å². The zero-order chi connectivity index (χ0) is 14.0. The van der Waals surface area contributed by atoms with Crippen LogP contribution >= 0.6 is 27.3 Å². The second kappa shape index (κ2) is 5.71. The molecule has 0 aliphatic carbocycles. The van der Waals surface area contributed by atoms with E-state index in [2.05, 4.69) is 15.9 Å². The maximum absolute atomic E-state index is 13.6. The van der Waals surface area contributed by atoms with Crippen LogP contribution in [0.1, 0.15) is 15.9 Å². The van der Waals surface area contributed by atoms with Gasteiger partial charge in [-0.1, -0.05) is 0 Å². The van der Waals surface area contributed by atoms with Gasteiger partial charge in [0.1, 0.15) is 5.82 Å². The Bertz CT molecular complexity index is 614. The predicted molar refractivity (Wildman–Crippen MR) is 78.6 cm³/mol. The minimum Gasteiger partial charge on any atom is -0.399 e. The average molecular weight is 343 g/mol. The number of hydrogen-bond donors (Lipinski definition) is 1. The van der Waals surface area contributed by atoms with E-state index in [4.69, 9.17) is 5.73 Å². The second-order valence-corrected chi connectivity index (χ2v) is 6.45. The molecule has 100 valence electrons. The summed E-state index contributed by atoms with van der Waals surface area (Å²) in [7, 11) is 1.64. The van der Waals surface area contributed by atoms with Crippen LogP contribution in [0.15, 0.2) is 33.4 Å². The van der Waals surface area contributed by atoms with E-state index in [1.54, 1.807) is 18.4 Å². The number of benzene rings is 1. The summed E-state index contributed by atoms with van der Waals surface area (Å²) in [5.41, 5.74) is 6.95. The van der Waals surface area contributed by atoms with Gasteiger partial charge in [0.05, 0.1) is 9.35 Å². The molecule has 2 aromatic rings. The van der Waals surface area contributed by atoms with E-state index in [-0.39, 0.29) is 11.5 Å². The minimum atomic E-state index is -0.558. The number of nitrogens with two attached hydrogens (primary N) is 1. The van der Waals surface area contributed by atoms with Crippen LogP contribution in [-0.4, -0.2) is 17.9 Å². The number of thiophene rings is 1. The fourth-order valence-electron chi connectivity index (χ4n) is 1.69. The Morgan fingerprint density at radius 1 is 1.47 bits per heavy atom. The van der Waals surface area contributed by atoms with Gasteiger partial charge in [0.25, 0.3) is 5.91 Å². The lowest BCUT2D eigenvalue weighted by Gasteiger charge is -2.17. The van der Waals surface area contributed by atoms with Gasteiger partial charge >= 0.3 is 0 Å². The summed E-state index contributed by atoms with van der Waals surface area (Å²) in [5.74, 6) is -0.940. The zero-order valence-corrected chi connectivity index (χ0v) is 12.6. The molecule has 0 aliphatic heterocycles. The van der Waals surface area contributed by atoms with E-state index in [0.29, 0.717) is 12.2 Å². The Morgan fingerprint density at radius 2 is 2.21 bits per heavy atom. The second-order valence-electron chi connectivity index (χ2n) is 4.16. The minimum absolute atomic E-state index is 0.00297. The summed E-state index contributed by atoms with van der Waals surface area (Å²) >= 11 is 4.91. The number of amides is 1. The molecule has 1 heterocycles. The molecule has 1 aromatic heterocycles. The summed E-state index contributed by atoms with van der Waals surface area (Å²) < 4.78 is 14.6. The first kappa shape index (κ1) is 14.0. The summed E-state index contributed by atoms with van der Waals surface area (Å²) in [6, 6.07) is 5.93. The number of carbonyl (C=O) groups is 1. The van der Waals surface area contributed by atoms with E-state index in [0.717, 1.165) is 9.35 Å². The fourth-order valence-corrected chi connectivity index (χ4v) is 2.89. The van der Waals surface area contributed by atoms with Gasteiger partial charge in [0, 0.05) is 19.3 Å². The van der Waals surface area contributed by atoms with Gasteiger partial charge in [0.2, 0.25) is 0 Å². The van der Waals surface area contributed by atoms with Gasteiger partial charge in [-0.3, -0.25) is 4.79 Å². The van der Waals surface area contributed by atoms with Gasteiger partial charge in [-0.15, -0.1) is 11.3 Å². The van der Waals surface area contributed by atoms with Crippen molar-refractivity contribution in [3.8, 4) is 0 Å². The quantitative estimate of drug-likeness (QED) is 0.867. The molecular weight excluding hydrogens is 331 g/mol. The molecule has 2 N–H and O–H groups in total. The number of halogens is 2. The number of hydrogen-bond acceptors (Lipinski definition) is 3. The molecule has 0 unspecified atom stereocenters. The van der Waals surface area contributed by atoms with Crippen molar-refractivity contribution in [2.75, 3.05) is 12.8 Å². The Hall–Kier alpha value is -1.40. The molecule has 0 bridgehead atoms. The summed E-state index contributed by atoms with van der Waals surface area (Å²) in [6.07, 6.45) is 0. The van der Waals surface area contributed by atoms with Crippen molar-refractivity contribution in [1.29, 1.82) is 0 Å². The predicted octanol–water partition coefficient (Wildman–Crippen LogP) is 3.50. The normalized spacial score (nSPS) is 10.5. The topological polar surface area (TPSA) is 46.3 Å². The van der Waals surface area contributed by atoms with Crippen LogP contribution in [0, 0.1) is 5.82 Å². The number of carbonyl (C=O) groups excluding carboxylic acids is 1. The first-order valence-electron chi connectivity index (χ1n) is 5.51. The van der Waals surface area contributed by atoms with Crippen LogP contribution in [0.5, 0.6) is 0 Å². The molecule has 0 saturated heterocycles. The third-order valence-corrected chi connectivity index (χ3v) is 4.16. The number of rotatable bonds is 3. The molecule has 0 saturated carbocycles. The molecule has 2 rings (SSSR count). The zero-order valence-electron chi connectivity index (χ0n) is 10.2. The molecule has 6 heteroatoms. The van der Waals surface area contributed by atoms with E-state index in [9.17, 15) is 9.18 Å². The molecular formula is C13H12BrFN2OS. The number of nitrogens with zero attached hydrogens (tertiary/aromatic N) is 1. The average Bonchev–Trinajstić information content (AvgIpc) is 2.77. The summed E-state index contributed by atoms with van der Waals surface area (Å²) in [6.45, 7) is 0.426. The maximum Gasteiger partial charge on any atom is 0.256 e. The van der Waals surface area contributed by atoms with Crippen molar-refractivity contribution in [1.82, 2.24) is 4.90 Å². The Labute approximate surface area is 123 Å². The van der Waals surface area contributed by atoms with E-state index in [1.807, 2.05) is 11.4 Å². The number of nitrogen functional groups attached to an aromatic ring is 1. The molecule has 0 fully saturated rings. The van der Waals surface area contributed by atoms with Gasteiger partial charge in [0.15, 0.2) is 0 Å². The molecule has 1 amide bonds. The molecule has 0 radical (unpaired) electrons. The smallest absolute Gasteiger partial charge is 0.256 e. The van der Waals surface area contributed by atoms with Gasteiger partial charge in [-0.2, -0.15) is 0 Å². The van der Waals surface area contributed by atoms with Crippen molar-refractivity contribution >= 4 is 38.9 Å². The maximum atomic E-state index is 13.6. The van der Waals surface area contributed by atoms with Crippen molar-refractivity contribution in [3.05, 3.63) is 50.4 Å². The highest BCUT2D eigenvalue weighted by molar-refractivity contribution is 9.11. The molecule has 19 heavy (non-hydrogen) atoms. The highest BCUT2D eigenvalue weighted by Crippen LogP contribution is 2.22. The number of anilines is 1. The third-order valence-electron chi connectivity index (χ3n) is 2.61. The summed E-state index contributed by atoms with van der Waals surface area (Å²) in [5, 5.41) is 1.95. The monoisotopic (exact) mass is 342 g/mol. The van der Waals surface area contributed by atoms with Crippen molar-refractivity contribution in [3.63, 3.8) is 0 Å². The van der Waals surface area contributed by atoms with Crippen LogP contribution in [-0.2, 0) is 6.54 Å². The standard InChI is InChI=1S/C13H12BrFN2OS/c1-17(6-8-4-12(14)19-7-8)13(18)10-5-9(16)2-3-11(10)15/h2-5,7H,6,16H2,1H3. The highest BCUT2D eigenvalue weighted by Gasteiger charge is 2.17. The van der Waals surface area contributed by atoms with Crippen molar-refractivity contribution in [2.45, 2.75) is 6.54 Å². The summed E-state index contributed by atoms with van der Waals surface area (Å²) in [4.78, 5) is 13.6. The van der Waals surface area contributed by atoms with E-state index >= 15 is 0 Å². The lowest BCUT2D eigenvalue weighted by atomic mass is 10.1. The van der Waals surface area contributed by atoms with Crippen LogP contribution < -0.4 is 5.73 Å². The molecule has 0 atom stereocenters. The first-order valence-corrected chi connectivity index (χ1v) is 7.18. The first-order chi connectivity index (χ1) is 8.97. The van der Waals surface area contributed by atoms with Crippen molar-refractivity contribution in [2.24, 2.45) is 0 Å². The third kappa shape index (κ3) is 3.33. The lowest BCUT2D eigenvalue weighted by molar-refractivity contribution is 0.0780. The van der Waals surface area contributed by atoms with Crippen LogP contribution in [0.4, 0.5) is 10.1 Å². The van der Waals surface area contributed by atoms with Crippen LogP contribution in [0.2, 0.25) is 0 Å². The van der Waals surface area contributed by atoms with E-state index in [1.165, 1.54) is 23.1 Å². The molecule has 1 aromatic carbocycles. The van der Waals surface area contributed by atoms with Crippen LogP contribution in [0.3, 0.4) is 0 Å². The Morgan fingerprint density at radius 3 is 2.84 bits per heavy atom. The lowest BCUT2D eigenvalue weighted by Crippen LogP contribution is -2.27. The molecule has 0 aliphatic rings. The molecule has 0 spiro atoms. The van der Waals surface area contributed by atoms with Gasteiger partial charge in [-0.05, 0) is 51.1 Å². The Balaban J connectivity index is 2.16. The van der Waals surface area contributed by atoms with Crippen LogP contribution in [0.25, 0.3) is 0 Å². The van der Waals surface area contributed by atoms with E-state index < -0.39 is 5.82 Å². The van der Waals surface area contributed by atoms with Crippen molar-refractivity contribution < 1.29 is 9.18 Å². The van der Waals surface area contributed by atoms with Gasteiger partial charge in [-0.25, -0.2) is 4.39 Å². The fraction of sp³-hybridized carbons (Fsp3) is 0.154. The largest absolute Gasteiger partial charge is 0.399 e. The Kier molecular flexibility index (Phi) is 4.21. The molecule has 3 nitrogen and oxygen atoms in total.